The fourth-order valence-corrected chi connectivity index (χ4v) is 8.46. The minimum absolute atomic E-state index is 0.0303. The van der Waals surface area contributed by atoms with Gasteiger partial charge in [-0.1, -0.05) is 35.0 Å². The van der Waals surface area contributed by atoms with Crippen LogP contribution < -0.4 is 5.32 Å². The second-order valence-corrected chi connectivity index (χ2v) is 13.4. The molecule has 176 valence electrons. The van der Waals surface area contributed by atoms with E-state index in [-0.39, 0.29) is 36.4 Å². The van der Waals surface area contributed by atoms with Crippen molar-refractivity contribution < 1.29 is 23.8 Å². The Hall–Kier alpha value is -1.53. The molecular weight excluding hydrogens is 489 g/mol. The quantitative estimate of drug-likeness (QED) is 0.259. The first-order valence-electron chi connectivity index (χ1n) is 11.9. The smallest absolute Gasteiger partial charge is 0.322 e. The molecular formula is C26H29BrFNO4. The third kappa shape index (κ3) is 2.31. The Labute approximate surface area is 201 Å². The van der Waals surface area contributed by atoms with E-state index in [9.17, 15) is 14.7 Å². The summed E-state index contributed by atoms with van der Waals surface area (Å²) in [6.07, 6.45) is 10.1. The average molecular weight is 518 g/mol. The third-order valence-corrected chi connectivity index (χ3v) is 10.1. The van der Waals surface area contributed by atoms with Crippen LogP contribution in [0.4, 0.5) is 4.39 Å². The molecule has 3 saturated carbocycles. The van der Waals surface area contributed by atoms with Crippen LogP contribution in [0.25, 0.3) is 0 Å². The zero-order valence-electron chi connectivity index (χ0n) is 19.1. The van der Waals surface area contributed by atoms with Gasteiger partial charge in [-0.2, -0.15) is 0 Å². The number of hydrogen-bond acceptors (Lipinski definition) is 5. The Morgan fingerprint density at radius 2 is 2.18 bits per heavy atom. The molecule has 6 rings (SSSR count). The molecule has 1 saturated heterocycles. The van der Waals surface area contributed by atoms with Crippen molar-refractivity contribution in [3.8, 4) is 0 Å². The third-order valence-electron chi connectivity index (χ3n) is 9.73. The van der Waals surface area contributed by atoms with Crippen molar-refractivity contribution in [2.75, 3.05) is 6.61 Å². The highest BCUT2D eigenvalue weighted by molar-refractivity contribution is 9.10. The molecule has 5 nitrogen and oxygen atoms in total. The highest BCUT2D eigenvalue weighted by atomic mass is 79.9. The Morgan fingerprint density at radius 1 is 1.42 bits per heavy atom. The number of carbonyl (C=O) groups is 1. The molecule has 2 spiro atoms. The lowest BCUT2D eigenvalue weighted by Gasteiger charge is -2.73. The molecule has 4 fully saturated rings. The largest absolute Gasteiger partial charge is 0.460 e. The molecule has 8 atom stereocenters. The van der Waals surface area contributed by atoms with E-state index in [1.807, 2.05) is 18.9 Å². The lowest BCUT2D eigenvalue weighted by atomic mass is 9.39. The first-order valence-corrected chi connectivity index (χ1v) is 12.7. The summed E-state index contributed by atoms with van der Waals surface area (Å²) in [7, 11) is 0. The summed E-state index contributed by atoms with van der Waals surface area (Å²) in [6.45, 7) is 5.56. The van der Waals surface area contributed by atoms with Crippen molar-refractivity contribution >= 4 is 27.8 Å². The first kappa shape index (κ1) is 22.0. The van der Waals surface area contributed by atoms with Gasteiger partial charge in [0.05, 0.1) is 11.1 Å². The number of fused-ring (bicyclic) bond motifs is 1. The van der Waals surface area contributed by atoms with E-state index in [1.54, 1.807) is 26.0 Å². The highest BCUT2D eigenvalue weighted by Gasteiger charge is 2.82. The van der Waals surface area contributed by atoms with E-state index in [0.717, 1.165) is 24.0 Å². The number of ether oxygens (including phenoxy) is 1. The number of esters is 1. The van der Waals surface area contributed by atoms with Crippen LogP contribution in [0.2, 0.25) is 0 Å². The van der Waals surface area contributed by atoms with E-state index in [0.29, 0.717) is 18.4 Å². The molecule has 8 unspecified atom stereocenters. The summed E-state index contributed by atoms with van der Waals surface area (Å²) in [6, 6.07) is -0.368. The fourth-order valence-electron chi connectivity index (χ4n) is 8.34. The van der Waals surface area contributed by atoms with Gasteiger partial charge in [-0.3, -0.25) is 10.1 Å². The molecule has 1 heterocycles. The number of halogens is 2. The van der Waals surface area contributed by atoms with E-state index in [4.69, 9.17) is 4.74 Å². The molecule has 0 aromatic rings. The first-order chi connectivity index (χ1) is 15.4. The molecule has 0 bridgehead atoms. The molecule has 7 heteroatoms. The van der Waals surface area contributed by atoms with Crippen molar-refractivity contribution in [3.63, 3.8) is 0 Å². The number of rotatable bonds is 3. The summed E-state index contributed by atoms with van der Waals surface area (Å²) in [5.41, 5.74) is -1.70. The predicted octanol–water partition coefficient (Wildman–Crippen LogP) is 3.50. The van der Waals surface area contributed by atoms with Gasteiger partial charge in [0.15, 0.2) is 5.67 Å². The molecule has 33 heavy (non-hydrogen) atoms. The van der Waals surface area contributed by atoms with Crippen LogP contribution in [0.1, 0.15) is 46.5 Å². The molecule has 0 radical (unpaired) electrons. The molecule has 5 aliphatic carbocycles. The number of hydrogen-bond donors (Lipinski definition) is 2. The number of carbonyl (C=O) groups excluding carboxylic acids is 2. The Balaban J connectivity index is 1.34. The summed E-state index contributed by atoms with van der Waals surface area (Å²) < 4.78 is 21.8. The number of allylic oxidation sites excluding steroid dienone is 3. The number of aliphatic hydroxyl groups is 1. The second kappa shape index (κ2) is 6.37. The van der Waals surface area contributed by atoms with Crippen LogP contribution in [0, 0.1) is 23.2 Å². The van der Waals surface area contributed by atoms with Crippen LogP contribution in [-0.2, 0) is 14.3 Å². The SMILES string of the molecule is CC1CC2C3CCC4=CC(=C=O)C=CC45NC(CC24C=C(COC(=O)C(C)(C)Br)C14O)C35F. The molecule has 0 amide bonds. The van der Waals surface area contributed by atoms with Crippen molar-refractivity contribution in [1.82, 2.24) is 5.32 Å². The van der Waals surface area contributed by atoms with Crippen molar-refractivity contribution in [3.05, 3.63) is 41.0 Å². The Morgan fingerprint density at radius 3 is 2.88 bits per heavy atom. The van der Waals surface area contributed by atoms with Crippen LogP contribution >= 0.6 is 15.9 Å². The summed E-state index contributed by atoms with van der Waals surface area (Å²) in [5.74, 6) is 1.37. The van der Waals surface area contributed by atoms with Gasteiger partial charge >= 0.3 is 5.97 Å². The second-order valence-electron chi connectivity index (χ2n) is 11.5. The molecule has 0 aromatic heterocycles. The lowest BCUT2D eigenvalue weighted by Crippen LogP contribution is -2.89. The van der Waals surface area contributed by atoms with E-state index < -0.39 is 26.5 Å². The zero-order valence-corrected chi connectivity index (χ0v) is 20.7. The summed E-state index contributed by atoms with van der Waals surface area (Å²) in [5, 5.41) is 15.5. The summed E-state index contributed by atoms with van der Waals surface area (Å²) in [4.78, 5) is 23.4. The maximum Gasteiger partial charge on any atom is 0.322 e. The molecule has 0 aromatic carbocycles. The topological polar surface area (TPSA) is 75.6 Å². The van der Waals surface area contributed by atoms with Gasteiger partial charge in [-0.15, -0.1) is 0 Å². The van der Waals surface area contributed by atoms with Gasteiger partial charge < -0.3 is 9.84 Å². The van der Waals surface area contributed by atoms with E-state index in [1.165, 1.54) is 0 Å². The monoisotopic (exact) mass is 517 g/mol. The standard InChI is InChI=1S/C26H29BrFNO4/c1-14-8-19-18-5-4-16-9-15(12-30)6-7-24(16)25(18,28)20(29-24)11-23(19)10-17(26(14,23)32)13-33-21(31)22(2,3)27/h6-7,9-10,14,18-20,29,32H,4-5,8,11,13H2,1-3H3. The van der Waals surface area contributed by atoms with Gasteiger partial charge in [0, 0.05) is 17.4 Å². The molecule has 1 aliphatic heterocycles. The molecule has 6 aliphatic rings. The van der Waals surface area contributed by atoms with Gasteiger partial charge in [0.1, 0.15) is 22.5 Å². The normalized spacial score (nSPS) is 48.6. The number of alkyl halides is 2. The Kier molecular flexibility index (Phi) is 4.24. The Bertz CT molecular complexity index is 1120. The fraction of sp³-hybridized carbons (Fsp3) is 0.654. The highest BCUT2D eigenvalue weighted by Crippen LogP contribution is 2.76. The van der Waals surface area contributed by atoms with E-state index >= 15 is 4.39 Å². The van der Waals surface area contributed by atoms with Gasteiger partial charge in [0.25, 0.3) is 0 Å². The maximum atomic E-state index is 17.1. The lowest BCUT2D eigenvalue weighted by molar-refractivity contribution is -0.214. The van der Waals surface area contributed by atoms with Crippen molar-refractivity contribution in [2.45, 2.75) is 73.6 Å². The number of nitrogens with one attached hydrogen (secondary N) is 1. The van der Waals surface area contributed by atoms with Crippen LogP contribution in [-0.4, -0.2) is 50.8 Å². The minimum atomic E-state index is -1.43. The summed E-state index contributed by atoms with van der Waals surface area (Å²) >= 11 is 3.32. The minimum Gasteiger partial charge on any atom is -0.460 e. The van der Waals surface area contributed by atoms with Gasteiger partial charge in [0.2, 0.25) is 0 Å². The van der Waals surface area contributed by atoms with Crippen LogP contribution in [0.3, 0.4) is 0 Å². The van der Waals surface area contributed by atoms with Crippen LogP contribution in [0.5, 0.6) is 0 Å². The van der Waals surface area contributed by atoms with Gasteiger partial charge in [-0.25, -0.2) is 9.18 Å². The van der Waals surface area contributed by atoms with Crippen molar-refractivity contribution in [2.24, 2.45) is 23.2 Å². The predicted molar refractivity (Wildman–Crippen MR) is 124 cm³/mol. The zero-order chi connectivity index (χ0) is 23.6. The van der Waals surface area contributed by atoms with Gasteiger partial charge in [-0.05, 0) is 74.7 Å². The molecule has 2 N–H and O–H groups in total. The van der Waals surface area contributed by atoms with Crippen molar-refractivity contribution in [1.29, 1.82) is 0 Å². The maximum absolute atomic E-state index is 17.1. The average Bonchev–Trinajstić information content (AvgIpc) is 2.92. The van der Waals surface area contributed by atoms with Crippen LogP contribution in [0.15, 0.2) is 41.0 Å². The van der Waals surface area contributed by atoms with E-state index in [2.05, 4.69) is 27.3 Å².